The average molecular weight is 671 g/mol. The van der Waals surface area contributed by atoms with E-state index in [9.17, 15) is 32.3 Å². The summed E-state index contributed by atoms with van der Waals surface area (Å²) in [5, 5.41) is 9.89. The molecule has 47 heavy (non-hydrogen) atoms. The second-order valence-electron chi connectivity index (χ2n) is 11.0. The molecule has 0 aliphatic rings. The standard InChI is InChI=1S/C35H38F4N4O3S/c1-3-41(4-2)18-19-42(21-25-5-9-27(10-6-25)28-11-13-30(14-12-28)35(37,38)39)32(23-45)43-22-29(17-20-44)33(46)40-34(43)47-24-26-7-15-31(36)16-8-26/h5-16,22-23,32,44H,3-4,17-21,24H2,1-2H3. The minimum atomic E-state index is -4.41. The van der Waals surface area contributed by atoms with E-state index in [4.69, 9.17) is 0 Å². The molecule has 0 saturated carbocycles. The average Bonchev–Trinajstić information content (AvgIpc) is 3.06. The van der Waals surface area contributed by atoms with E-state index in [1.165, 1.54) is 36.0 Å². The fraction of sp³-hybridized carbons (Fsp3) is 0.343. The van der Waals surface area contributed by atoms with Crippen molar-refractivity contribution in [2.75, 3.05) is 32.8 Å². The second-order valence-corrected chi connectivity index (χ2v) is 11.9. The highest BCUT2D eigenvalue weighted by atomic mass is 32.2. The summed E-state index contributed by atoms with van der Waals surface area (Å²) in [7, 11) is 0. The van der Waals surface area contributed by atoms with E-state index in [0.29, 0.717) is 36.1 Å². The summed E-state index contributed by atoms with van der Waals surface area (Å²) in [4.78, 5) is 34.3. The number of thioether (sulfide) groups is 1. The molecular formula is C35H38F4N4O3S. The summed E-state index contributed by atoms with van der Waals surface area (Å²) >= 11 is 1.25. The zero-order valence-corrected chi connectivity index (χ0v) is 27.1. The molecule has 1 unspecified atom stereocenters. The van der Waals surface area contributed by atoms with Crippen LogP contribution < -0.4 is 5.56 Å². The number of aliphatic hydroxyl groups is 1. The van der Waals surface area contributed by atoms with Gasteiger partial charge in [0.15, 0.2) is 11.4 Å². The van der Waals surface area contributed by atoms with Crippen molar-refractivity contribution in [3.63, 3.8) is 0 Å². The predicted molar refractivity (Wildman–Crippen MR) is 175 cm³/mol. The smallest absolute Gasteiger partial charge is 0.396 e. The van der Waals surface area contributed by atoms with Gasteiger partial charge in [-0.1, -0.05) is 74.1 Å². The van der Waals surface area contributed by atoms with Gasteiger partial charge in [-0.2, -0.15) is 18.2 Å². The van der Waals surface area contributed by atoms with Gasteiger partial charge in [0.2, 0.25) is 0 Å². The van der Waals surface area contributed by atoms with Crippen LogP contribution in [0.5, 0.6) is 0 Å². The van der Waals surface area contributed by atoms with Crippen molar-refractivity contribution >= 4 is 18.0 Å². The number of hydrogen-bond donors (Lipinski definition) is 1. The van der Waals surface area contributed by atoms with E-state index in [0.717, 1.165) is 48.2 Å². The number of carbonyl (C=O) groups is 1. The molecule has 0 amide bonds. The number of carbonyl (C=O) groups excluding carboxylic acids is 1. The van der Waals surface area contributed by atoms with Gasteiger partial charge in [0.1, 0.15) is 12.0 Å². The Bertz CT molecular complexity index is 1640. The van der Waals surface area contributed by atoms with Gasteiger partial charge in [0.25, 0.3) is 5.56 Å². The molecule has 0 saturated heterocycles. The van der Waals surface area contributed by atoms with Crippen molar-refractivity contribution < 1.29 is 27.5 Å². The summed E-state index contributed by atoms with van der Waals surface area (Å²) in [6, 6.07) is 18.4. The maximum Gasteiger partial charge on any atom is 0.416 e. The molecule has 0 bridgehead atoms. The number of halogens is 4. The van der Waals surface area contributed by atoms with Crippen molar-refractivity contribution in [2.45, 2.75) is 50.1 Å². The molecule has 0 spiro atoms. The molecule has 0 radical (unpaired) electrons. The van der Waals surface area contributed by atoms with E-state index in [2.05, 4.69) is 23.7 Å². The predicted octanol–water partition coefficient (Wildman–Crippen LogP) is 6.44. The largest absolute Gasteiger partial charge is 0.416 e. The Balaban J connectivity index is 1.66. The SMILES string of the molecule is CCN(CC)CCN(Cc1ccc(-c2ccc(C(F)(F)F)cc2)cc1)C(C=O)n1cc(CCO)c(=O)nc1SCc1ccc(F)cc1. The Morgan fingerprint density at radius 3 is 2.06 bits per heavy atom. The van der Waals surface area contributed by atoms with Crippen LogP contribution >= 0.6 is 11.8 Å². The van der Waals surface area contributed by atoms with Crippen LogP contribution in [-0.2, 0) is 29.7 Å². The zero-order valence-electron chi connectivity index (χ0n) is 26.3. The molecule has 1 atom stereocenters. The Labute approximate surface area is 275 Å². The number of likely N-dealkylation sites (N-methyl/N-ethyl adjacent to an activating group) is 1. The van der Waals surface area contributed by atoms with Gasteiger partial charge >= 0.3 is 6.18 Å². The van der Waals surface area contributed by atoms with Crippen molar-refractivity contribution in [1.82, 2.24) is 19.4 Å². The third-order valence-corrected chi connectivity index (χ3v) is 8.95. The van der Waals surface area contributed by atoms with Crippen molar-refractivity contribution in [3.05, 3.63) is 117 Å². The molecule has 0 aliphatic heterocycles. The molecular weight excluding hydrogens is 632 g/mol. The van der Waals surface area contributed by atoms with E-state index in [1.54, 1.807) is 22.9 Å². The molecule has 4 rings (SSSR count). The van der Waals surface area contributed by atoms with E-state index < -0.39 is 23.5 Å². The molecule has 1 N–H and O–H groups in total. The van der Waals surface area contributed by atoms with Gasteiger partial charge in [0.05, 0.1) is 5.56 Å². The third-order valence-electron chi connectivity index (χ3n) is 7.91. The van der Waals surface area contributed by atoms with Crippen LogP contribution in [-0.4, -0.2) is 63.5 Å². The van der Waals surface area contributed by atoms with Crippen LogP contribution in [0.15, 0.2) is 88.9 Å². The minimum Gasteiger partial charge on any atom is -0.396 e. The van der Waals surface area contributed by atoms with E-state index >= 15 is 0 Å². The first-order valence-corrected chi connectivity index (χ1v) is 16.3. The molecule has 3 aromatic carbocycles. The van der Waals surface area contributed by atoms with Crippen molar-refractivity contribution in [2.24, 2.45) is 0 Å². The highest BCUT2D eigenvalue weighted by Gasteiger charge is 2.30. The summed E-state index contributed by atoms with van der Waals surface area (Å²) in [6.45, 7) is 6.99. The van der Waals surface area contributed by atoms with Crippen LogP contribution in [0.2, 0.25) is 0 Å². The van der Waals surface area contributed by atoms with Crippen LogP contribution in [0.3, 0.4) is 0 Å². The number of hydrogen-bond acceptors (Lipinski definition) is 7. The first-order valence-electron chi connectivity index (χ1n) is 15.3. The van der Waals surface area contributed by atoms with Crippen molar-refractivity contribution in [3.8, 4) is 11.1 Å². The second kappa shape index (κ2) is 16.8. The van der Waals surface area contributed by atoms with Gasteiger partial charge in [-0.05, 0) is 59.6 Å². The number of alkyl halides is 3. The molecule has 4 aromatic rings. The monoisotopic (exact) mass is 670 g/mol. The lowest BCUT2D eigenvalue weighted by molar-refractivity contribution is -0.137. The fourth-order valence-corrected chi connectivity index (χ4v) is 6.09. The molecule has 0 fully saturated rings. The van der Waals surface area contributed by atoms with Crippen LogP contribution in [0.4, 0.5) is 17.6 Å². The Hall–Kier alpha value is -3.84. The molecule has 250 valence electrons. The fourth-order valence-electron chi connectivity index (χ4n) is 5.14. The Kier molecular flexibility index (Phi) is 12.9. The first-order chi connectivity index (χ1) is 22.6. The number of aldehydes is 1. The van der Waals surface area contributed by atoms with Crippen LogP contribution in [0.25, 0.3) is 11.1 Å². The molecule has 7 nitrogen and oxygen atoms in total. The van der Waals surface area contributed by atoms with Gasteiger partial charge in [0, 0.05) is 50.2 Å². The van der Waals surface area contributed by atoms with Crippen molar-refractivity contribution in [1.29, 1.82) is 0 Å². The third kappa shape index (κ3) is 9.83. The highest BCUT2D eigenvalue weighted by Crippen LogP contribution is 2.31. The van der Waals surface area contributed by atoms with Gasteiger partial charge in [-0.25, -0.2) is 4.39 Å². The number of nitrogens with zero attached hydrogens (tertiary/aromatic N) is 4. The topological polar surface area (TPSA) is 78.7 Å². The van der Waals surface area contributed by atoms with E-state index in [1.807, 2.05) is 29.2 Å². The Morgan fingerprint density at radius 1 is 0.915 bits per heavy atom. The van der Waals surface area contributed by atoms with Gasteiger partial charge < -0.3 is 14.6 Å². The normalized spacial score (nSPS) is 12.5. The lowest BCUT2D eigenvalue weighted by Crippen LogP contribution is -2.40. The summed E-state index contributed by atoms with van der Waals surface area (Å²) in [5.74, 6) is 0.0158. The summed E-state index contributed by atoms with van der Waals surface area (Å²) in [5.41, 5.74) is 2.15. The lowest BCUT2D eigenvalue weighted by atomic mass is 10.0. The van der Waals surface area contributed by atoms with E-state index in [-0.39, 0.29) is 24.4 Å². The maximum atomic E-state index is 13.5. The number of aromatic nitrogens is 2. The molecule has 0 aliphatic carbocycles. The summed E-state index contributed by atoms with van der Waals surface area (Å²) in [6.07, 6.45) is -2.82. The summed E-state index contributed by atoms with van der Waals surface area (Å²) < 4.78 is 54.2. The minimum absolute atomic E-state index is 0.0746. The quantitative estimate of drug-likeness (QED) is 0.0637. The highest BCUT2D eigenvalue weighted by molar-refractivity contribution is 7.98. The van der Waals surface area contributed by atoms with Gasteiger partial charge in [-0.3, -0.25) is 14.5 Å². The maximum absolute atomic E-state index is 13.5. The van der Waals surface area contributed by atoms with Crippen LogP contribution in [0.1, 0.15) is 42.3 Å². The lowest BCUT2D eigenvalue weighted by Gasteiger charge is -2.33. The molecule has 12 heteroatoms. The molecule has 1 heterocycles. The number of rotatable bonds is 16. The zero-order chi connectivity index (χ0) is 34.0. The van der Waals surface area contributed by atoms with Crippen LogP contribution in [0, 0.1) is 5.82 Å². The van der Waals surface area contributed by atoms with Gasteiger partial charge in [-0.15, -0.1) is 0 Å². The number of benzene rings is 3. The molecule has 1 aromatic heterocycles. The Morgan fingerprint density at radius 2 is 1.51 bits per heavy atom. The number of aliphatic hydroxyl groups excluding tert-OH is 1. The first kappa shape index (κ1) is 36.0.